The molecule has 0 aromatic heterocycles. The van der Waals surface area contributed by atoms with Crippen LogP contribution in [-0.2, 0) is 6.42 Å². The van der Waals surface area contributed by atoms with Crippen molar-refractivity contribution in [2.75, 3.05) is 0 Å². The van der Waals surface area contributed by atoms with Gasteiger partial charge in [-0.1, -0.05) is 39.7 Å². The van der Waals surface area contributed by atoms with Crippen molar-refractivity contribution in [3.63, 3.8) is 0 Å². The molecule has 0 aliphatic carbocycles. The molecule has 1 atom stereocenters. The average molecular weight is 344 g/mol. The molecule has 2 rings (SSSR count). The third kappa shape index (κ3) is 3.56. The van der Waals surface area contributed by atoms with Gasteiger partial charge in [0.25, 0.3) is 0 Å². The molecule has 0 radical (unpaired) electrons. The van der Waals surface area contributed by atoms with E-state index in [0.29, 0.717) is 10.6 Å². The van der Waals surface area contributed by atoms with Crippen molar-refractivity contribution in [2.45, 2.75) is 19.4 Å². The lowest BCUT2D eigenvalue weighted by molar-refractivity contribution is 0.176. The van der Waals surface area contributed by atoms with Gasteiger partial charge in [0, 0.05) is 15.9 Å². The highest BCUT2D eigenvalue weighted by atomic mass is 79.9. The van der Waals surface area contributed by atoms with Gasteiger partial charge in [0.15, 0.2) is 0 Å². The molecule has 0 heterocycles. The Bertz CT molecular complexity index is 601. The van der Waals surface area contributed by atoms with Crippen LogP contribution >= 0.6 is 27.5 Å². The Morgan fingerprint density at radius 2 is 2.00 bits per heavy atom. The number of halogens is 3. The number of benzene rings is 2. The van der Waals surface area contributed by atoms with Crippen molar-refractivity contribution < 1.29 is 9.50 Å². The Hall–Kier alpha value is -0.900. The van der Waals surface area contributed by atoms with Gasteiger partial charge in [-0.25, -0.2) is 4.39 Å². The maximum Gasteiger partial charge on any atom is 0.126 e. The molecule has 2 aromatic rings. The summed E-state index contributed by atoms with van der Waals surface area (Å²) in [7, 11) is 0. The van der Waals surface area contributed by atoms with E-state index in [0.717, 1.165) is 15.6 Å². The van der Waals surface area contributed by atoms with E-state index in [4.69, 9.17) is 11.6 Å². The minimum absolute atomic E-state index is 0.189. The van der Waals surface area contributed by atoms with E-state index in [1.807, 2.05) is 25.1 Å². The topological polar surface area (TPSA) is 20.2 Å². The highest BCUT2D eigenvalue weighted by molar-refractivity contribution is 9.10. The van der Waals surface area contributed by atoms with Gasteiger partial charge in [0.1, 0.15) is 5.82 Å². The summed E-state index contributed by atoms with van der Waals surface area (Å²) in [6, 6.07) is 10.0. The van der Waals surface area contributed by atoms with Crippen molar-refractivity contribution in [1.82, 2.24) is 0 Å². The second kappa shape index (κ2) is 6.04. The van der Waals surface area contributed by atoms with Crippen LogP contribution in [0, 0.1) is 12.7 Å². The van der Waals surface area contributed by atoms with Crippen LogP contribution in [0.1, 0.15) is 22.8 Å². The zero-order valence-corrected chi connectivity index (χ0v) is 12.7. The van der Waals surface area contributed by atoms with Crippen molar-refractivity contribution in [3.05, 3.63) is 68.4 Å². The standard InChI is InChI=1S/C15H13BrClFO/c1-9-2-4-12(13(16)6-9)15(19)8-10-7-11(17)3-5-14(10)18/h2-7,15,19H,8H2,1H3. The first-order chi connectivity index (χ1) is 8.97. The molecule has 0 aliphatic heterocycles. The first-order valence-corrected chi connectivity index (χ1v) is 7.02. The van der Waals surface area contributed by atoms with Crippen LogP contribution in [0.3, 0.4) is 0 Å². The number of hydrogen-bond donors (Lipinski definition) is 1. The van der Waals surface area contributed by atoms with E-state index in [2.05, 4.69) is 15.9 Å². The highest BCUT2D eigenvalue weighted by Gasteiger charge is 2.14. The summed E-state index contributed by atoms with van der Waals surface area (Å²) in [6.07, 6.45) is -0.587. The van der Waals surface area contributed by atoms with Gasteiger partial charge in [0.05, 0.1) is 6.10 Å². The average Bonchev–Trinajstić information content (AvgIpc) is 2.33. The van der Waals surface area contributed by atoms with E-state index in [-0.39, 0.29) is 12.2 Å². The van der Waals surface area contributed by atoms with Crippen molar-refractivity contribution in [3.8, 4) is 0 Å². The summed E-state index contributed by atoms with van der Waals surface area (Å²) in [5.74, 6) is -0.355. The van der Waals surface area contributed by atoms with Crippen molar-refractivity contribution in [2.24, 2.45) is 0 Å². The summed E-state index contributed by atoms with van der Waals surface area (Å²) in [6.45, 7) is 1.97. The van der Waals surface area contributed by atoms with Gasteiger partial charge < -0.3 is 5.11 Å². The number of hydrogen-bond acceptors (Lipinski definition) is 1. The molecule has 0 aliphatic rings. The molecule has 4 heteroatoms. The van der Waals surface area contributed by atoms with Crippen LogP contribution < -0.4 is 0 Å². The van der Waals surface area contributed by atoms with Gasteiger partial charge in [-0.05, 0) is 47.9 Å². The zero-order valence-electron chi connectivity index (χ0n) is 10.3. The first-order valence-electron chi connectivity index (χ1n) is 5.85. The second-order valence-corrected chi connectivity index (χ2v) is 5.77. The maximum atomic E-state index is 13.6. The lowest BCUT2D eigenvalue weighted by atomic mass is 10.0. The Balaban J connectivity index is 2.25. The smallest absolute Gasteiger partial charge is 0.126 e. The van der Waals surface area contributed by atoms with Gasteiger partial charge in [-0.15, -0.1) is 0 Å². The van der Waals surface area contributed by atoms with Gasteiger partial charge in [0.2, 0.25) is 0 Å². The monoisotopic (exact) mass is 342 g/mol. The predicted octanol–water partition coefficient (Wildman–Crippen LogP) is 4.83. The van der Waals surface area contributed by atoms with Gasteiger partial charge in [-0.2, -0.15) is 0 Å². The Kier molecular flexibility index (Phi) is 4.61. The Labute approximate surface area is 125 Å². The summed E-state index contributed by atoms with van der Waals surface area (Å²) < 4.78 is 14.5. The van der Waals surface area contributed by atoms with Crippen LogP contribution in [0.4, 0.5) is 4.39 Å². The minimum atomic E-state index is -0.775. The third-order valence-corrected chi connectivity index (χ3v) is 3.86. The molecule has 0 amide bonds. The summed E-state index contributed by atoms with van der Waals surface area (Å²) in [5.41, 5.74) is 2.24. The molecule has 0 saturated carbocycles. The molecular weight excluding hydrogens is 331 g/mol. The molecule has 0 fully saturated rings. The molecule has 1 unspecified atom stereocenters. The number of rotatable bonds is 3. The second-order valence-electron chi connectivity index (χ2n) is 4.48. The molecule has 19 heavy (non-hydrogen) atoms. The number of aliphatic hydroxyl groups is 1. The normalized spacial score (nSPS) is 12.5. The number of aliphatic hydroxyl groups excluding tert-OH is 1. The summed E-state index contributed by atoms with van der Waals surface area (Å²) in [5, 5.41) is 10.7. The molecule has 0 bridgehead atoms. The van der Waals surface area contributed by atoms with E-state index < -0.39 is 6.10 Å². The van der Waals surface area contributed by atoms with Crippen LogP contribution in [0.25, 0.3) is 0 Å². The molecule has 100 valence electrons. The maximum absolute atomic E-state index is 13.6. The van der Waals surface area contributed by atoms with E-state index in [1.165, 1.54) is 12.1 Å². The fourth-order valence-corrected chi connectivity index (χ4v) is 2.87. The minimum Gasteiger partial charge on any atom is -0.388 e. The molecule has 0 spiro atoms. The lowest BCUT2D eigenvalue weighted by Gasteiger charge is -2.14. The lowest BCUT2D eigenvalue weighted by Crippen LogP contribution is -2.04. The molecule has 1 nitrogen and oxygen atoms in total. The van der Waals surface area contributed by atoms with Crippen LogP contribution in [0.5, 0.6) is 0 Å². The Morgan fingerprint density at radius 1 is 1.26 bits per heavy atom. The fraction of sp³-hybridized carbons (Fsp3) is 0.200. The summed E-state index contributed by atoms with van der Waals surface area (Å²) in [4.78, 5) is 0. The van der Waals surface area contributed by atoms with E-state index in [1.54, 1.807) is 6.07 Å². The fourth-order valence-electron chi connectivity index (χ4n) is 1.92. The molecule has 0 saturated heterocycles. The largest absolute Gasteiger partial charge is 0.388 e. The molecular formula is C15H13BrClFO. The highest BCUT2D eigenvalue weighted by Crippen LogP contribution is 2.28. The van der Waals surface area contributed by atoms with Gasteiger partial charge >= 0.3 is 0 Å². The predicted molar refractivity (Wildman–Crippen MR) is 79.0 cm³/mol. The number of aryl methyl sites for hydroxylation is 1. The summed E-state index contributed by atoms with van der Waals surface area (Å²) >= 11 is 9.26. The quantitative estimate of drug-likeness (QED) is 0.846. The van der Waals surface area contributed by atoms with Gasteiger partial charge in [-0.3, -0.25) is 0 Å². The molecule has 1 N–H and O–H groups in total. The van der Waals surface area contributed by atoms with Crippen molar-refractivity contribution >= 4 is 27.5 Å². The third-order valence-electron chi connectivity index (χ3n) is 2.94. The van der Waals surface area contributed by atoms with E-state index in [9.17, 15) is 9.50 Å². The van der Waals surface area contributed by atoms with Crippen LogP contribution in [0.2, 0.25) is 5.02 Å². The van der Waals surface area contributed by atoms with E-state index >= 15 is 0 Å². The zero-order chi connectivity index (χ0) is 14.0. The van der Waals surface area contributed by atoms with Crippen LogP contribution in [-0.4, -0.2) is 5.11 Å². The Morgan fingerprint density at radius 3 is 2.68 bits per heavy atom. The van der Waals surface area contributed by atoms with Crippen molar-refractivity contribution in [1.29, 1.82) is 0 Å². The SMILES string of the molecule is Cc1ccc(C(O)Cc2cc(Cl)ccc2F)c(Br)c1. The molecule has 2 aromatic carbocycles. The first kappa shape index (κ1) is 14.5. The van der Waals surface area contributed by atoms with Crippen LogP contribution in [0.15, 0.2) is 40.9 Å².